The Morgan fingerprint density at radius 2 is 2.26 bits per heavy atom. The van der Waals surface area contributed by atoms with Crippen LogP contribution in [0.1, 0.15) is 37.9 Å². The number of benzene rings is 1. The maximum Gasteiger partial charge on any atom is 0.123 e. The van der Waals surface area contributed by atoms with E-state index >= 15 is 0 Å². The van der Waals surface area contributed by atoms with Crippen molar-refractivity contribution in [3.63, 3.8) is 0 Å². The monoisotopic (exact) mass is 267 g/mol. The van der Waals surface area contributed by atoms with Gasteiger partial charge in [-0.1, -0.05) is 12.1 Å². The van der Waals surface area contributed by atoms with Crippen LogP contribution in [-0.2, 0) is 0 Å². The van der Waals surface area contributed by atoms with Gasteiger partial charge in [-0.15, -0.1) is 0 Å². The molecule has 0 saturated carbocycles. The first-order valence-electron chi connectivity index (χ1n) is 6.84. The lowest BCUT2D eigenvalue weighted by Gasteiger charge is -2.37. The fourth-order valence-corrected chi connectivity index (χ4v) is 2.70. The summed E-state index contributed by atoms with van der Waals surface area (Å²) in [6.45, 7) is 4.16. The number of aliphatic hydroxyl groups excluding tert-OH is 1. The van der Waals surface area contributed by atoms with Crippen molar-refractivity contribution in [1.29, 1.82) is 0 Å². The molecule has 1 aromatic rings. The average molecular weight is 267 g/mol. The molecule has 0 amide bonds. The quantitative estimate of drug-likeness (QED) is 0.878. The van der Waals surface area contributed by atoms with Crippen LogP contribution in [-0.4, -0.2) is 40.3 Å². The van der Waals surface area contributed by atoms with Gasteiger partial charge in [0.05, 0.1) is 11.7 Å². The first-order chi connectivity index (χ1) is 8.96. The lowest BCUT2D eigenvalue weighted by molar-refractivity contribution is -0.0191. The zero-order valence-corrected chi connectivity index (χ0v) is 11.3. The van der Waals surface area contributed by atoms with Gasteiger partial charge in [0, 0.05) is 13.1 Å². The van der Waals surface area contributed by atoms with Gasteiger partial charge in [-0.05, 0) is 50.4 Å². The number of piperidine rings is 1. The van der Waals surface area contributed by atoms with Gasteiger partial charge in [0.25, 0.3) is 0 Å². The van der Waals surface area contributed by atoms with E-state index in [1.807, 2.05) is 6.92 Å². The van der Waals surface area contributed by atoms with Gasteiger partial charge < -0.3 is 15.1 Å². The Balaban J connectivity index is 1.85. The van der Waals surface area contributed by atoms with Crippen LogP contribution in [0, 0.1) is 5.82 Å². The lowest BCUT2D eigenvalue weighted by Crippen LogP contribution is -2.46. The molecule has 4 heteroatoms. The van der Waals surface area contributed by atoms with Crippen molar-refractivity contribution in [2.45, 2.75) is 37.9 Å². The summed E-state index contributed by atoms with van der Waals surface area (Å²) in [6, 6.07) is 6.09. The Bertz CT molecular complexity index is 422. The summed E-state index contributed by atoms with van der Waals surface area (Å²) >= 11 is 0. The van der Waals surface area contributed by atoms with Gasteiger partial charge >= 0.3 is 0 Å². The van der Waals surface area contributed by atoms with Crippen molar-refractivity contribution >= 4 is 0 Å². The zero-order chi connectivity index (χ0) is 13.9. The molecule has 1 aliphatic rings. The van der Waals surface area contributed by atoms with Crippen molar-refractivity contribution < 1.29 is 14.6 Å². The average Bonchev–Trinajstić information content (AvgIpc) is 2.35. The molecule has 1 fully saturated rings. The molecule has 2 unspecified atom stereocenters. The number of likely N-dealkylation sites (tertiary alicyclic amines) is 1. The summed E-state index contributed by atoms with van der Waals surface area (Å²) in [5.74, 6) is -0.322. The zero-order valence-electron chi connectivity index (χ0n) is 11.3. The number of aliphatic hydroxyl groups is 2. The first-order valence-corrected chi connectivity index (χ1v) is 6.84. The summed E-state index contributed by atoms with van der Waals surface area (Å²) in [5, 5.41) is 20.1. The minimum atomic E-state index is -0.650. The molecular weight excluding hydrogens is 245 g/mol. The van der Waals surface area contributed by atoms with E-state index < -0.39 is 11.7 Å². The third kappa shape index (κ3) is 4.27. The van der Waals surface area contributed by atoms with Crippen LogP contribution < -0.4 is 0 Å². The van der Waals surface area contributed by atoms with E-state index in [4.69, 9.17) is 0 Å². The summed E-state index contributed by atoms with van der Waals surface area (Å²) in [6.07, 6.45) is 1.71. The molecule has 1 aromatic carbocycles. The van der Waals surface area contributed by atoms with Crippen LogP contribution in [0.4, 0.5) is 4.39 Å². The third-order valence-electron chi connectivity index (χ3n) is 3.71. The molecule has 1 saturated heterocycles. The van der Waals surface area contributed by atoms with E-state index in [1.54, 1.807) is 12.1 Å². The fourth-order valence-electron chi connectivity index (χ4n) is 2.70. The Morgan fingerprint density at radius 1 is 1.47 bits per heavy atom. The fraction of sp³-hybridized carbons (Fsp3) is 0.600. The SMILES string of the molecule is CC1(O)CCCN(CCC(O)c2cccc(F)c2)C1. The van der Waals surface area contributed by atoms with E-state index in [1.165, 1.54) is 12.1 Å². The van der Waals surface area contributed by atoms with E-state index in [0.717, 1.165) is 19.4 Å². The van der Waals surface area contributed by atoms with Crippen molar-refractivity contribution in [3.8, 4) is 0 Å². The second-order valence-electron chi connectivity index (χ2n) is 5.74. The van der Waals surface area contributed by atoms with Crippen LogP contribution in [0.3, 0.4) is 0 Å². The van der Waals surface area contributed by atoms with Gasteiger partial charge in [-0.25, -0.2) is 4.39 Å². The Hall–Kier alpha value is -0.970. The van der Waals surface area contributed by atoms with Gasteiger partial charge in [-0.2, -0.15) is 0 Å². The third-order valence-corrected chi connectivity index (χ3v) is 3.71. The molecule has 1 aliphatic heterocycles. The summed E-state index contributed by atoms with van der Waals surface area (Å²) < 4.78 is 13.1. The Labute approximate surface area is 113 Å². The highest BCUT2D eigenvalue weighted by Crippen LogP contribution is 2.23. The predicted octanol–water partition coefficient (Wildman–Crippen LogP) is 2.10. The molecule has 2 atom stereocenters. The minimum absolute atomic E-state index is 0.322. The van der Waals surface area contributed by atoms with Gasteiger partial charge in [0.2, 0.25) is 0 Å². The predicted molar refractivity (Wildman–Crippen MR) is 72.3 cm³/mol. The molecule has 2 N–H and O–H groups in total. The van der Waals surface area contributed by atoms with Gasteiger partial charge in [0.15, 0.2) is 0 Å². The molecular formula is C15H22FNO2. The number of hydrogen-bond donors (Lipinski definition) is 2. The highest BCUT2D eigenvalue weighted by atomic mass is 19.1. The van der Waals surface area contributed by atoms with E-state index in [9.17, 15) is 14.6 Å². The number of hydrogen-bond acceptors (Lipinski definition) is 3. The van der Waals surface area contributed by atoms with E-state index in [-0.39, 0.29) is 5.82 Å². The highest BCUT2D eigenvalue weighted by Gasteiger charge is 2.28. The molecule has 106 valence electrons. The number of rotatable bonds is 4. The van der Waals surface area contributed by atoms with Gasteiger partial charge in [-0.3, -0.25) is 0 Å². The number of halogens is 1. The summed E-state index contributed by atoms with van der Waals surface area (Å²) in [4.78, 5) is 2.16. The van der Waals surface area contributed by atoms with Crippen LogP contribution >= 0.6 is 0 Å². The van der Waals surface area contributed by atoms with Crippen LogP contribution in [0.2, 0.25) is 0 Å². The van der Waals surface area contributed by atoms with Crippen LogP contribution in [0.15, 0.2) is 24.3 Å². The summed E-state index contributed by atoms with van der Waals surface area (Å²) in [5.41, 5.74) is -0.00836. The molecule has 2 rings (SSSR count). The molecule has 0 bridgehead atoms. The second kappa shape index (κ2) is 5.99. The molecule has 3 nitrogen and oxygen atoms in total. The lowest BCUT2D eigenvalue weighted by atomic mass is 9.95. The Kier molecular flexibility index (Phi) is 4.55. The first kappa shape index (κ1) is 14.4. The largest absolute Gasteiger partial charge is 0.389 e. The molecule has 19 heavy (non-hydrogen) atoms. The smallest absolute Gasteiger partial charge is 0.123 e. The van der Waals surface area contributed by atoms with Crippen molar-refractivity contribution in [1.82, 2.24) is 4.90 Å². The van der Waals surface area contributed by atoms with E-state index in [2.05, 4.69) is 4.90 Å². The van der Waals surface area contributed by atoms with Crippen molar-refractivity contribution in [2.24, 2.45) is 0 Å². The van der Waals surface area contributed by atoms with Crippen molar-refractivity contribution in [2.75, 3.05) is 19.6 Å². The molecule has 1 heterocycles. The van der Waals surface area contributed by atoms with Crippen LogP contribution in [0.25, 0.3) is 0 Å². The molecule has 0 aliphatic carbocycles. The number of β-amino-alcohol motifs (C(OH)–C–C–N with tert-alkyl or cyclic N) is 1. The molecule has 0 spiro atoms. The maximum absolute atomic E-state index is 13.1. The summed E-state index contributed by atoms with van der Waals surface area (Å²) in [7, 11) is 0. The second-order valence-corrected chi connectivity index (χ2v) is 5.74. The van der Waals surface area contributed by atoms with E-state index in [0.29, 0.717) is 25.1 Å². The van der Waals surface area contributed by atoms with Gasteiger partial charge in [0.1, 0.15) is 5.82 Å². The van der Waals surface area contributed by atoms with Crippen molar-refractivity contribution in [3.05, 3.63) is 35.6 Å². The maximum atomic E-state index is 13.1. The molecule has 0 radical (unpaired) electrons. The minimum Gasteiger partial charge on any atom is -0.389 e. The topological polar surface area (TPSA) is 43.7 Å². The highest BCUT2D eigenvalue weighted by molar-refractivity contribution is 5.18. The standard InChI is InChI=1S/C15H22FNO2/c1-15(19)7-3-8-17(11-15)9-6-14(18)12-4-2-5-13(16)10-12/h2,4-5,10,14,18-19H,3,6-9,11H2,1H3. The molecule has 0 aromatic heterocycles. The number of nitrogens with zero attached hydrogens (tertiary/aromatic N) is 1. The van der Waals surface area contributed by atoms with Crippen LogP contribution in [0.5, 0.6) is 0 Å². The Morgan fingerprint density at radius 3 is 2.95 bits per heavy atom. The normalized spacial score (nSPS) is 26.3.